The smallest absolute Gasteiger partial charge is 0.322 e. The van der Waals surface area contributed by atoms with E-state index in [-0.39, 0.29) is 17.9 Å². The van der Waals surface area contributed by atoms with Crippen LogP contribution in [0, 0.1) is 18.8 Å². The third-order valence-electron chi connectivity index (χ3n) is 5.76. The molecule has 0 aliphatic carbocycles. The lowest BCUT2D eigenvalue weighted by molar-refractivity contribution is -0.138. The van der Waals surface area contributed by atoms with Crippen LogP contribution in [0.3, 0.4) is 0 Å². The number of nitrogens with zero attached hydrogens (tertiary/aromatic N) is 1. The van der Waals surface area contributed by atoms with E-state index in [1.165, 1.54) is 24.3 Å². The molecule has 0 aliphatic rings. The molecule has 2 aromatic carbocycles. The van der Waals surface area contributed by atoms with Gasteiger partial charge >= 0.3 is 5.97 Å². The average Bonchev–Trinajstić information content (AvgIpc) is 3.15. The Morgan fingerprint density at radius 1 is 1.17 bits per heavy atom. The molecule has 0 saturated carbocycles. The van der Waals surface area contributed by atoms with Crippen molar-refractivity contribution in [1.82, 2.24) is 9.29 Å². The number of sulfonamides is 1. The summed E-state index contributed by atoms with van der Waals surface area (Å²) in [6, 6.07) is 10.6. The zero-order chi connectivity index (χ0) is 25.4. The van der Waals surface area contributed by atoms with Gasteiger partial charge in [0, 0.05) is 30.1 Å². The minimum Gasteiger partial charge on any atom is -0.481 e. The van der Waals surface area contributed by atoms with Gasteiger partial charge in [-0.2, -0.15) is 4.72 Å². The Kier molecular flexibility index (Phi) is 8.96. The topological polar surface area (TPSA) is 97.6 Å². The van der Waals surface area contributed by atoms with Crippen molar-refractivity contribution < 1.29 is 23.1 Å². The fraction of sp³-hybridized carbons (Fsp3) is 0.370. The van der Waals surface area contributed by atoms with E-state index in [9.17, 15) is 18.3 Å². The first-order chi connectivity index (χ1) is 16.7. The highest BCUT2D eigenvalue weighted by Gasteiger charge is 2.27. The monoisotopic (exact) mass is 496 g/mol. The minimum atomic E-state index is -4.06. The van der Waals surface area contributed by atoms with Gasteiger partial charge in [0.1, 0.15) is 18.4 Å². The molecule has 2 N–H and O–H groups in total. The van der Waals surface area contributed by atoms with E-state index in [1.54, 1.807) is 6.92 Å². The summed E-state index contributed by atoms with van der Waals surface area (Å²) in [6.07, 6.45) is 5.22. The molecule has 35 heavy (non-hydrogen) atoms. The molecule has 1 aromatic heterocycles. The van der Waals surface area contributed by atoms with Gasteiger partial charge in [-0.25, -0.2) is 8.42 Å². The summed E-state index contributed by atoms with van der Waals surface area (Å²) in [5.41, 5.74) is 2.89. The predicted octanol–water partition coefficient (Wildman–Crippen LogP) is 4.52. The lowest BCUT2D eigenvalue weighted by atomic mass is 10.0. The first kappa shape index (κ1) is 26.3. The van der Waals surface area contributed by atoms with Crippen LogP contribution in [-0.2, 0) is 27.8 Å². The number of aromatic nitrogens is 1. The maximum Gasteiger partial charge on any atom is 0.322 e. The van der Waals surface area contributed by atoms with E-state index >= 15 is 0 Å². The van der Waals surface area contributed by atoms with Crippen LogP contribution in [0.5, 0.6) is 5.75 Å². The number of hydrogen-bond donors (Lipinski definition) is 2. The largest absolute Gasteiger partial charge is 0.481 e. The highest BCUT2D eigenvalue weighted by atomic mass is 32.2. The van der Waals surface area contributed by atoms with E-state index in [0.717, 1.165) is 47.8 Å². The van der Waals surface area contributed by atoms with Crippen molar-refractivity contribution in [3.63, 3.8) is 0 Å². The van der Waals surface area contributed by atoms with Crippen LogP contribution in [-0.4, -0.2) is 36.7 Å². The lowest BCUT2D eigenvalue weighted by Crippen LogP contribution is -2.42. The van der Waals surface area contributed by atoms with Crippen molar-refractivity contribution in [1.29, 1.82) is 0 Å². The van der Waals surface area contributed by atoms with E-state index in [1.807, 2.05) is 31.3 Å². The Bertz CT molecular complexity index is 1330. The predicted molar refractivity (Wildman–Crippen MR) is 137 cm³/mol. The van der Waals surface area contributed by atoms with Gasteiger partial charge in [-0.15, -0.1) is 5.92 Å². The summed E-state index contributed by atoms with van der Waals surface area (Å²) < 4.78 is 35.8. The number of carboxylic acids is 1. The minimum absolute atomic E-state index is 0.0319. The molecule has 7 nitrogen and oxygen atoms in total. The van der Waals surface area contributed by atoms with Crippen molar-refractivity contribution in [2.45, 2.75) is 63.9 Å². The van der Waals surface area contributed by atoms with Crippen LogP contribution < -0.4 is 9.46 Å². The van der Waals surface area contributed by atoms with Crippen molar-refractivity contribution >= 4 is 26.9 Å². The van der Waals surface area contributed by atoms with E-state index in [4.69, 9.17) is 4.74 Å². The van der Waals surface area contributed by atoms with Gasteiger partial charge in [-0.1, -0.05) is 37.3 Å². The van der Waals surface area contributed by atoms with Crippen molar-refractivity contribution in [3.05, 3.63) is 59.8 Å². The number of rotatable bonds is 12. The number of unbranched alkanes of at least 4 members (excludes halogenated alkanes) is 2. The van der Waals surface area contributed by atoms with E-state index in [2.05, 4.69) is 28.1 Å². The maximum absolute atomic E-state index is 13.0. The molecule has 1 atom stereocenters. The number of aliphatic carboxylic acids is 1. The van der Waals surface area contributed by atoms with Crippen LogP contribution in [0.2, 0.25) is 0 Å². The molecular weight excluding hydrogens is 464 g/mol. The summed E-state index contributed by atoms with van der Waals surface area (Å²) in [6.45, 7) is 6.86. The number of aryl methyl sites for hydroxylation is 2. The van der Waals surface area contributed by atoms with Crippen molar-refractivity contribution in [2.75, 3.05) is 6.61 Å². The van der Waals surface area contributed by atoms with Gasteiger partial charge < -0.3 is 14.4 Å². The molecule has 0 unspecified atom stereocenters. The molecule has 0 amide bonds. The number of carboxylic acid groups (broad SMARTS) is 1. The third-order valence-corrected chi connectivity index (χ3v) is 7.25. The first-order valence-corrected chi connectivity index (χ1v) is 13.2. The molecule has 0 spiro atoms. The van der Waals surface area contributed by atoms with Crippen LogP contribution in [0.25, 0.3) is 10.9 Å². The number of carbonyl (C=O) groups is 1. The Balaban J connectivity index is 1.83. The SMILES string of the molecule is CC#CCOc1ccc(S(=O)(=O)N[C@@H](Cc2cn(CCCCC)c3ccc(C)cc23)C(=O)O)cc1. The van der Waals surface area contributed by atoms with Gasteiger partial charge in [-0.3, -0.25) is 4.79 Å². The molecular formula is C27H32N2O5S. The van der Waals surface area contributed by atoms with Crippen LogP contribution in [0.15, 0.2) is 53.6 Å². The maximum atomic E-state index is 13.0. The summed E-state index contributed by atoms with van der Waals surface area (Å²) in [4.78, 5) is 12.0. The Morgan fingerprint density at radius 2 is 1.91 bits per heavy atom. The molecule has 0 radical (unpaired) electrons. The Hall–Kier alpha value is -3.28. The summed E-state index contributed by atoms with van der Waals surface area (Å²) in [7, 11) is -4.06. The third kappa shape index (κ3) is 6.87. The standard InChI is InChI=1S/C27H32N2O5S/c1-4-6-8-15-29-19-21(24-17-20(3)9-14-26(24)29)18-25(27(30)31)28-35(32,33)23-12-10-22(11-13-23)34-16-7-5-2/h9-14,17,19,25,28H,4,6,8,15-16,18H2,1-3H3,(H,30,31)/t25-/m0/s1. The number of benzene rings is 2. The van der Waals surface area contributed by atoms with E-state index in [0.29, 0.717) is 5.75 Å². The van der Waals surface area contributed by atoms with Gasteiger partial charge in [0.25, 0.3) is 0 Å². The zero-order valence-electron chi connectivity index (χ0n) is 20.4. The van der Waals surface area contributed by atoms with Crippen molar-refractivity contribution in [3.8, 4) is 17.6 Å². The van der Waals surface area contributed by atoms with Gasteiger partial charge in [-0.05, 0) is 62.2 Å². The molecule has 186 valence electrons. The first-order valence-electron chi connectivity index (χ1n) is 11.7. The highest BCUT2D eigenvalue weighted by Crippen LogP contribution is 2.25. The number of nitrogens with one attached hydrogen (secondary N) is 1. The van der Waals surface area contributed by atoms with Crippen molar-refractivity contribution in [2.24, 2.45) is 0 Å². The molecule has 3 aromatic rings. The number of hydrogen-bond acceptors (Lipinski definition) is 4. The lowest BCUT2D eigenvalue weighted by Gasteiger charge is -2.15. The van der Waals surface area contributed by atoms with Gasteiger partial charge in [0.05, 0.1) is 4.90 Å². The van der Waals surface area contributed by atoms with Crippen LogP contribution in [0.1, 0.15) is 44.2 Å². The Morgan fingerprint density at radius 3 is 2.57 bits per heavy atom. The average molecular weight is 497 g/mol. The van der Waals surface area contributed by atoms with Crippen LogP contribution >= 0.6 is 0 Å². The molecule has 3 rings (SSSR count). The molecule has 0 aliphatic heterocycles. The summed E-state index contributed by atoms with van der Waals surface area (Å²) in [5.74, 6) is 4.73. The van der Waals surface area contributed by atoms with Crippen LogP contribution in [0.4, 0.5) is 0 Å². The second-order valence-electron chi connectivity index (χ2n) is 8.48. The fourth-order valence-corrected chi connectivity index (χ4v) is 5.11. The highest BCUT2D eigenvalue weighted by molar-refractivity contribution is 7.89. The molecule has 0 fully saturated rings. The number of ether oxygens (including phenoxy) is 1. The summed E-state index contributed by atoms with van der Waals surface area (Å²) in [5, 5.41) is 10.8. The van der Waals surface area contributed by atoms with Gasteiger partial charge in [0.2, 0.25) is 10.0 Å². The fourth-order valence-electron chi connectivity index (χ4n) is 3.93. The molecule has 0 bridgehead atoms. The second-order valence-corrected chi connectivity index (χ2v) is 10.2. The normalized spacial score (nSPS) is 12.2. The Labute approximate surface area is 207 Å². The quantitative estimate of drug-likeness (QED) is 0.284. The summed E-state index contributed by atoms with van der Waals surface area (Å²) >= 11 is 0. The van der Waals surface area contributed by atoms with Gasteiger partial charge in [0.15, 0.2) is 0 Å². The molecule has 0 saturated heterocycles. The zero-order valence-corrected chi connectivity index (χ0v) is 21.2. The number of fused-ring (bicyclic) bond motifs is 1. The van der Waals surface area contributed by atoms with E-state index < -0.39 is 22.0 Å². The molecule has 8 heteroatoms. The second kappa shape index (κ2) is 11.9. The molecule has 1 heterocycles.